The maximum absolute atomic E-state index is 13.4. The molecule has 0 unspecified atom stereocenters. The first kappa shape index (κ1) is 20.2. The normalized spacial score (nSPS) is 13.7. The first-order valence-electron chi connectivity index (χ1n) is 10.0. The number of nitrogens with zero attached hydrogens (tertiary/aromatic N) is 2. The zero-order valence-corrected chi connectivity index (χ0v) is 16.4. The number of alkyl halides is 3. The molecule has 0 saturated heterocycles. The molecule has 0 saturated carbocycles. The fraction of sp³-hybridized carbons (Fsp3) is 0.304. The van der Waals surface area contributed by atoms with Gasteiger partial charge in [0.05, 0.1) is 5.69 Å². The molecule has 1 aliphatic rings. The van der Waals surface area contributed by atoms with Crippen LogP contribution >= 0.6 is 0 Å². The minimum absolute atomic E-state index is 0.212. The summed E-state index contributed by atoms with van der Waals surface area (Å²) in [5.74, 6) is -0.212. The smallest absolute Gasteiger partial charge is 0.352 e. The number of halogens is 3. The van der Waals surface area contributed by atoms with E-state index in [4.69, 9.17) is 0 Å². The molecule has 156 valence electrons. The molecule has 0 aliphatic heterocycles. The quantitative estimate of drug-likeness (QED) is 0.657. The topological polar surface area (TPSA) is 46.9 Å². The lowest BCUT2D eigenvalue weighted by atomic mass is 9.95. The second-order valence-electron chi connectivity index (χ2n) is 7.43. The molecule has 0 spiro atoms. The van der Waals surface area contributed by atoms with Crippen LogP contribution < -0.4 is 5.32 Å². The molecule has 7 heteroatoms. The molecule has 4 nitrogen and oxygen atoms in total. The molecular weight excluding hydrogens is 391 g/mol. The molecule has 3 aromatic rings. The molecule has 1 aliphatic carbocycles. The molecule has 1 heterocycles. The average Bonchev–Trinajstić information content (AvgIpc) is 3.15. The van der Waals surface area contributed by atoms with E-state index >= 15 is 0 Å². The number of aromatic nitrogens is 2. The van der Waals surface area contributed by atoms with Gasteiger partial charge in [0.15, 0.2) is 5.69 Å². The van der Waals surface area contributed by atoms with Crippen LogP contribution in [0.3, 0.4) is 0 Å². The highest BCUT2D eigenvalue weighted by molar-refractivity contribution is 5.94. The third kappa shape index (κ3) is 4.25. The van der Waals surface area contributed by atoms with Gasteiger partial charge in [-0.3, -0.25) is 4.79 Å². The maximum atomic E-state index is 13.4. The lowest BCUT2D eigenvalue weighted by molar-refractivity contribution is -0.142. The Hall–Kier alpha value is -3.09. The van der Waals surface area contributed by atoms with E-state index in [9.17, 15) is 18.0 Å². The van der Waals surface area contributed by atoms with E-state index in [0.717, 1.165) is 24.8 Å². The van der Waals surface area contributed by atoms with Crippen molar-refractivity contribution in [2.45, 2.75) is 38.3 Å². The molecule has 0 bridgehead atoms. The summed E-state index contributed by atoms with van der Waals surface area (Å²) in [6.45, 7) is 0.506. The number of hydrogen-bond acceptors (Lipinski definition) is 2. The number of carbonyl (C=O) groups excluding carboxylic acids is 1. The predicted octanol–water partition coefficient (Wildman–Crippen LogP) is 4.74. The summed E-state index contributed by atoms with van der Waals surface area (Å²) in [6.07, 6.45) is -1.19. The molecular formula is C23H22F3N3O. The Morgan fingerprint density at radius 1 is 1.00 bits per heavy atom. The summed E-state index contributed by atoms with van der Waals surface area (Å²) in [4.78, 5) is 12.4. The van der Waals surface area contributed by atoms with Gasteiger partial charge in [-0.1, -0.05) is 30.3 Å². The Morgan fingerprint density at radius 2 is 1.70 bits per heavy atom. The standard InChI is InChI=1S/C23H22F3N3O/c24-23(25,26)21-19-8-4-5-9-20(19)29(28-21)18-12-10-17(11-13-18)22(30)27-15-14-16-6-2-1-3-7-16/h1-3,6-7,10-13H,4-5,8-9,14-15H2,(H,27,30). The van der Waals surface area contributed by atoms with Crippen molar-refractivity contribution < 1.29 is 18.0 Å². The van der Waals surface area contributed by atoms with Gasteiger partial charge in [-0.15, -0.1) is 0 Å². The van der Waals surface area contributed by atoms with Gasteiger partial charge < -0.3 is 5.32 Å². The molecule has 0 radical (unpaired) electrons. The van der Waals surface area contributed by atoms with Crippen LogP contribution in [0.25, 0.3) is 5.69 Å². The minimum atomic E-state index is -4.47. The molecule has 1 N–H and O–H groups in total. The lowest BCUT2D eigenvalue weighted by Crippen LogP contribution is -2.25. The van der Waals surface area contributed by atoms with Crippen molar-refractivity contribution in [2.24, 2.45) is 0 Å². The second kappa shape index (κ2) is 8.34. The summed E-state index contributed by atoms with van der Waals surface area (Å²) >= 11 is 0. The third-order valence-electron chi connectivity index (χ3n) is 5.36. The third-order valence-corrected chi connectivity index (χ3v) is 5.36. The molecule has 0 atom stereocenters. The highest BCUT2D eigenvalue weighted by atomic mass is 19.4. The van der Waals surface area contributed by atoms with Crippen molar-refractivity contribution in [1.82, 2.24) is 15.1 Å². The number of nitrogens with one attached hydrogen (secondary N) is 1. The highest BCUT2D eigenvalue weighted by Crippen LogP contribution is 2.36. The van der Waals surface area contributed by atoms with Crippen LogP contribution in [0.2, 0.25) is 0 Å². The summed E-state index contributed by atoms with van der Waals surface area (Å²) in [7, 11) is 0. The van der Waals surface area contributed by atoms with Crippen LogP contribution in [0.1, 0.15) is 45.7 Å². The molecule has 1 amide bonds. The van der Waals surface area contributed by atoms with Crippen LogP contribution in [-0.4, -0.2) is 22.2 Å². The van der Waals surface area contributed by atoms with Crippen molar-refractivity contribution in [3.05, 3.63) is 82.7 Å². The van der Waals surface area contributed by atoms with E-state index < -0.39 is 11.9 Å². The molecule has 30 heavy (non-hydrogen) atoms. The molecule has 0 fully saturated rings. The van der Waals surface area contributed by atoms with Gasteiger partial charge >= 0.3 is 6.18 Å². The largest absolute Gasteiger partial charge is 0.435 e. The van der Waals surface area contributed by atoms with Gasteiger partial charge in [0.2, 0.25) is 0 Å². The molecule has 2 aromatic carbocycles. The number of benzene rings is 2. The lowest BCUT2D eigenvalue weighted by Gasteiger charge is -2.15. The number of rotatable bonds is 5. The van der Waals surface area contributed by atoms with E-state index in [1.807, 2.05) is 30.3 Å². The summed E-state index contributed by atoms with van der Waals surface area (Å²) in [5, 5.41) is 6.75. The van der Waals surface area contributed by atoms with E-state index in [1.54, 1.807) is 24.3 Å². The highest BCUT2D eigenvalue weighted by Gasteiger charge is 2.39. The molecule has 1 aromatic heterocycles. The van der Waals surface area contributed by atoms with Crippen molar-refractivity contribution in [3.8, 4) is 5.69 Å². The maximum Gasteiger partial charge on any atom is 0.435 e. The van der Waals surface area contributed by atoms with Crippen LogP contribution in [0.15, 0.2) is 54.6 Å². The van der Waals surface area contributed by atoms with E-state index in [0.29, 0.717) is 41.9 Å². The Bertz CT molecular complexity index is 1020. The minimum Gasteiger partial charge on any atom is -0.352 e. The van der Waals surface area contributed by atoms with Crippen molar-refractivity contribution >= 4 is 5.91 Å². The van der Waals surface area contributed by atoms with Crippen LogP contribution in [0, 0.1) is 0 Å². The van der Waals surface area contributed by atoms with Gasteiger partial charge in [0, 0.05) is 23.4 Å². The Kier molecular flexibility index (Phi) is 5.61. The van der Waals surface area contributed by atoms with Crippen LogP contribution in [0.5, 0.6) is 0 Å². The molecule has 4 rings (SSSR count). The van der Waals surface area contributed by atoms with Gasteiger partial charge in [0.1, 0.15) is 0 Å². The summed E-state index contributed by atoms with van der Waals surface area (Å²) in [5.41, 5.74) is 2.26. The summed E-state index contributed by atoms with van der Waals surface area (Å²) < 4.78 is 41.5. The number of hydrogen-bond donors (Lipinski definition) is 1. The SMILES string of the molecule is O=C(NCCc1ccccc1)c1ccc(-n2nc(C(F)(F)F)c3c2CCCC3)cc1. The Morgan fingerprint density at radius 3 is 2.40 bits per heavy atom. The fourth-order valence-electron chi connectivity index (χ4n) is 3.86. The Labute approximate surface area is 172 Å². The monoisotopic (exact) mass is 413 g/mol. The average molecular weight is 413 g/mol. The van der Waals surface area contributed by atoms with E-state index in [-0.39, 0.29) is 5.91 Å². The van der Waals surface area contributed by atoms with Crippen molar-refractivity contribution in [1.29, 1.82) is 0 Å². The first-order chi connectivity index (χ1) is 14.4. The van der Waals surface area contributed by atoms with Gasteiger partial charge in [-0.05, 0) is 61.9 Å². The fourth-order valence-corrected chi connectivity index (χ4v) is 3.86. The van der Waals surface area contributed by atoms with Crippen molar-refractivity contribution in [2.75, 3.05) is 6.54 Å². The van der Waals surface area contributed by atoms with Gasteiger partial charge in [-0.25, -0.2) is 4.68 Å². The van der Waals surface area contributed by atoms with Crippen LogP contribution in [0.4, 0.5) is 13.2 Å². The summed E-state index contributed by atoms with van der Waals surface area (Å²) in [6, 6.07) is 16.4. The number of carbonyl (C=O) groups is 1. The van der Waals surface area contributed by atoms with E-state index in [2.05, 4.69) is 10.4 Å². The zero-order valence-electron chi connectivity index (χ0n) is 16.4. The van der Waals surface area contributed by atoms with Crippen LogP contribution in [-0.2, 0) is 25.4 Å². The van der Waals surface area contributed by atoms with Gasteiger partial charge in [0.25, 0.3) is 5.91 Å². The first-order valence-corrected chi connectivity index (χ1v) is 10.0. The van der Waals surface area contributed by atoms with Gasteiger partial charge in [-0.2, -0.15) is 18.3 Å². The Balaban J connectivity index is 1.48. The number of fused-ring (bicyclic) bond motifs is 1. The second-order valence-corrected chi connectivity index (χ2v) is 7.43. The van der Waals surface area contributed by atoms with Crippen molar-refractivity contribution in [3.63, 3.8) is 0 Å². The zero-order chi connectivity index (χ0) is 21.1. The van der Waals surface area contributed by atoms with E-state index in [1.165, 1.54) is 4.68 Å². The predicted molar refractivity (Wildman–Crippen MR) is 108 cm³/mol. The number of amides is 1.